The van der Waals surface area contributed by atoms with Crippen molar-refractivity contribution in [2.45, 2.75) is 38.4 Å². The molecule has 1 aliphatic carbocycles. The highest BCUT2D eigenvalue weighted by atomic mass is 33.1. The Kier molecular flexibility index (Phi) is 6.97. The van der Waals surface area contributed by atoms with Crippen LogP contribution in [0, 0.1) is 21.4 Å². The minimum Gasteiger partial charge on any atom is -0.481 e. The smallest absolute Gasteiger partial charge is 0.317 e. The lowest BCUT2D eigenvalue weighted by Gasteiger charge is -2.17. The fourth-order valence-electron chi connectivity index (χ4n) is 1.74. The lowest BCUT2D eigenvalue weighted by molar-refractivity contribution is -0.432. The molecule has 2 unspecified atom stereocenters. The Hall–Kier alpha value is -1.28. The van der Waals surface area contributed by atoms with Gasteiger partial charge in [-0.2, -0.15) is 0 Å². The third-order valence-electron chi connectivity index (χ3n) is 2.96. The second kappa shape index (κ2) is 8.23. The number of nitrogens with zero attached hydrogens (tertiary/aromatic N) is 1. The summed E-state index contributed by atoms with van der Waals surface area (Å²) in [7, 11) is 3.08. The topological polar surface area (TPSA) is 104 Å². The van der Waals surface area contributed by atoms with E-state index in [1.807, 2.05) is 0 Å². The van der Waals surface area contributed by atoms with Gasteiger partial charge in [-0.15, -0.1) is 0 Å². The van der Waals surface area contributed by atoms with E-state index in [9.17, 15) is 14.9 Å². The maximum Gasteiger partial charge on any atom is 0.317 e. The van der Waals surface area contributed by atoms with Gasteiger partial charge in [0, 0.05) is 23.5 Å². The number of nitrogens with one attached hydrogen (secondary N) is 1. The Labute approximate surface area is 131 Å². The number of allylic oxidation sites excluding steroid dienone is 3. The van der Waals surface area contributed by atoms with E-state index in [0.717, 1.165) is 17.7 Å². The van der Waals surface area contributed by atoms with Gasteiger partial charge in [0.2, 0.25) is 0 Å². The molecule has 0 aromatic heterocycles. The minimum absolute atomic E-state index is 0.163. The molecule has 6 nitrogen and oxygen atoms in total. The molecule has 0 aromatic rings. The van der Waals surface area contributed by atoms with Crippen LogP contribution in [0.25, 0.3) is 0 Å². The summed E-state index contributed by atoms with van der Waals surface area (Å²) in [6.07, 6.45) is 4.72. The van der Waals surface area contributed by atoms with Gasteiger partial charge in [0.05, 0.1) is 4.92 Å². The zero-order valence-corrected chi connectivity index (χ0v) is 13.5. The molecule has 0 saturated heterocycles. The molecular weight excluding hydrogens is 312 g/mol. The molecule has 0 aromatic carbocycles. The maximum absolute atomic E-state index is 11.1. The molecule has 0 heterocycles. The molecule has 1 rings (SSSR count). The first-order valence-electron chi connectivity index (χ1n) is 6.46. The van der Waals surface area contributed by atoms with Crippen LogP contribution in [0.5, 0.6) is 0 Å². The van der Waals surface area contributed by atoms with E-state index in [1.54, 1.807) is 23.8 Å². The van der Waals surface area contributed by atoms with Crippen LogP contribution < -0.4 is 0 Å². The highest BCUT2D eigenvalue weighted by Crippen LogP contribution is 2.41. The Bertz CT molecular complexity index is 502. The molecule has 1 aliphatic rings. The zero-order valence-electron chi connectivity index (χ0n) is 11.9. The summed E-state index contributed by atoms with van der Waals surface area (Å²) in [6.45, 7) is 3.83. The summed E-state index contributed by atoms with van der Waals surface area (Å²) in [5, 5.41) is 27.6. The summed E-state index contributed by atoms with van der Waals surface area (Å²) in [5.74, 6) is -2.24. The lowest BCUT2D eigenvalue weighted by atomic mass is 9.97. The van der Waals surface area contributed by atoms with Crippen LogP contribution >= 0.6 is 21.6 Å². The minimum atomic E-state index is -1.17. The number of carboxylic acids is 1. The highest BCUT2D eigenvalue weighted by Gasteiger charge is 2.34. The van der Waals surface area contributed by atoms with E-state index >= 15 is 0 Å². The van der Waals surface area contributed by atoms with E-state index in [2.05, 4.69) is 6.92 Å². The number of carbonyl (C=O) groups is 1. The number of aliphatic carboxylic acids is 1. The standard InChI is InChI=1S/C13H18N2O4S2/c1-8(14)3-4-9(2)20-21-10-5-6-12(15(18)19)11(7-10)13(16)17/h5-6,9,11,14H,3-4,7H2,1-2H3,(H,16,17). The van der Waals surface area contributed by atoms with Crippen molar-refractivity contribution in [3.8, 4) is 0 Å². The van der Waals surface area contributed by atoms with Gasteiger partial charge in [0.15, 0.2) is 5.92 Å². The first-order chi connectivity index (χ1) is 9.81. The second-order valence-electron chi connectivity index (χ2n) is 4.89. The molecule has 2 atom stereocenters. The van der Waals surface area contributed by atoms with Crippen LogP contribution in [0.2, 0.25) is 0 Å². The van der Waals surface area contributed by atoms with E-state index in [1.165, 1.54) is 16.9 Å². The molecule has 0 radical (unpaired) electrons. The van der Waals surface area contributed by atoms with Crippen molar-refractivity contribution in [3.63, 3.8) is 0 Å². The molecule has 8 heteroatoms. The lowest BCUT2D eigenvalue weighted by Crippen LogP contribution is -2.22. The quantitative estimate of drug-likeness (QED) is 0.304. The SMILES string of the molecule is CC(=N)CCC(C)SSC1=CC=C([N+](=O)[O-])C(C(=O)O)C1. The van der Waals surface area contributed by atoms with Crippen molar-refractivity contribution in [1.29, 1.82) is 5.41 Å². The van der Waals surface area contributed by atoms with Gasteiger partial charge < -0.3 is 10.5 Å². The van der Waals surface area contributed by atoms with E-state index < -0.39 is 16.8 Å². The first-order valence-corrected chi connectivity index (χ1v) is 8.67. The van der Waals surface area contributed by atoms with Gasteiger partial charge in [0.1, 0.15) is 0 Å². The number of hydrogen-bond donors (Lipinski definition) is 2. The summed E-state index contributed by atoms with van der Waals surface area (Å²) in [6, 6.07) is 0. The summed E-state index contributed by atoms with van der Waals surface area (Å²) < 4.78 is 0. The van der Waals surface area contributed by atoms with Gasteiger partial charge in [-0.05, 0) is 30.7 Å². The average Bonchev–Trinajstić information content (AvgIpc) is 2.42. The first kappa shape index (κ1) is 17.8. The van der Waals surface area contributed by atoms with Crippen molar-refractivity contribution >= 4 is 33.3 Å². The Morgan fingerprint density at radius 3 is 2.81 bits per heavy atom. The van der Waals surface area contributed by atoms with Crippen molar-refractivity contribution in [2.75, 3.05) is 0 Å². The van der Waals surface area contributed by atoms with Crippen molar-refractivity contribution in [3.05, 3.63) is 32.9 Å². The predicted octanol–water partition coefficient (Wildman–Crippen LogP) is 3.73. The van der Waals surface area contributed by atoms with Crippen molar-refractivity contribution in [2.24, 2.45) is 5.92 Å². The number of hydrogen-bond acceptors (Lipinski definition) is 6. The van der Waals surface area contributed by atoms with Gasteiger partial charge in [-0.25, -0.2) is 0 Å². The van der Waals surface area contributed by atoms with Crippen molar-refractivity contribution in [1.82, 2.24) is 0 Å². The molecule has 0 amide bonds. The molecule has 2 N–H and O–H groups in total. The Morgan fingerprint density at radius 1 is 1.62 bits per heavy atom. The van der Waals surface area contributed by atoms with Crippen LogP contribution in [0.4, 0.5) is 0 Å². The number of carboxylic acid groups (broad SMARTS) is 1. The van der Waals surface area contributed by atoms with Crippen LogP contribution in [-0.2, 0) is 4.79 Å². The van der Waals surface area contributed by atoms with E-state index in [-0.39, 0.29) is 12.1 Å². The van der Waals surface area contributed by atoms with Crippen LogP contribution in [-0.4, -0.2) is 27.0 Å². The molecule has 0 spiro atoms. The van der Waals surface area contributed by atoms with Crippen LogP contribution in [0.15, 0.2) is 22.8 Å². The number of rotatable bonds is 8. The zero-order chi connectivity index (χ0) is 16.0. The number of nitro groups is 1. The van der Waals surface area contributed by atoms with Gasteiger partial charge in [-0.3, -0.25) is 14.9 Å². The molecule has 0 aliphatic heterocycles. The Morgan fingerprint density at radius 2 is 2.29 bits per heavy atom. The average molecular weight is 330 g/mol. The maximum atomic E-state index is 11.1. The Balaban J connectivity index is 2.58. The fraction of sp³-hybridized carbons (Fsp3) is 0.538. The molecule has 116 valence electrons. The third-order valence-corrected chi connectivity index (χ3v) is 6.05. The van der Waals surface area contributed by atoms with Crippen molar-refractivity contribution < 1.29 is 14.8 Å². The van der Waals surface area contributed by atoms with Gasteiger partial charge in [0.25, 0.3) is 5.70 Å². The predicted molar refractivity (Wildman–Crippen MR) is 86.2 cm³/mol. The molecule has 0 saturated carbocycles. The summed E-state index contributed by atoms with van der Waals surface area (Å²) in [4.78, 5) is 22.1. The van der Waals surface area contributed by atoms with E-state index in [0.29, 0.717) is 11.0 Å². The third kappa shape index (κ3) is 5.92. The van der Waals surface area contributed by atoms with Crippen LogP contribution in [0.1, 0.15) is 33.1 Å². The van der Waals surface area contributed by atoms with Gasteiger partial charge >= 0.3 is 5.97 Å². The molecule has 21 heavy (non-hydrogen) atoms. The highest BCUT2D eigenvalue weighted by molar-refractivity contribution is 8.78. The molecular formula is C13H18N2O4S2. The van der Waals surface area contributed by atoms with Crippen LogP contribution in [0.3, 0.4) is 0 Å². The van der Waals surface area contributed by atoms with Gasteiger partial charge in [-0.1, -0.05) is 28.5 Å². The monoisotopic (exact) mass is 330 g/mol. The summed E-state index contributed by atoms with van der Waals surface area (Å²) >= 11 is 0. The summed E-state index contributed by atoms with van der Waals surface area (Å²) in [5.41, 5.74) is 0.387. The normalized spacial score (nSPS) is 19.4. The molecule has 0 fully saturated rings. The largest absolute Gasteiger partial charge is 0.481 e. The fourth-order valence-corrected chi connectivity index (χ4v) is 4.13. The molecule has 0 bridgehead atoms. The second-order valence-corrected chi connectivity index (χ2v) is 7.65. The van der Waals surface area contributed by atoms with E-state index in [4.69, 9.17) is 10.5 Å².